The Morgan fingerprint density at radius 2 is 1.84 bits per heavy atom. The minimum Gasteiger partial charge on any atom is -0.370 e. The first kappa shape index (κ1) is 23.1. The normalized spacial score (nSPS) is 21.2. The number of nitriles is 1. The van der Waals surface area contributed by atoms with E-state index in [-0.39, 0.29) is 28.8 Å². The number of hydrogen-bond donors (Lipinski definition) is 1. The fourth-order valence-corrected chi connectivity index (χ4v) is 5.78. The van der Waals surface area contributed by atoms with Crippen LogP contribution in [0.4, 0.5) is 5.69 Å². The topological polar surface area (TPSA) is 69.0 Å². The third kappa shape index (κ3) is 4.02. The van der Waals surface area contributed by atoms with Gasteiger partial charge in [-0.05, 0) is 36.2 Å². The van der Waals surface area contributed by atoms with Crippen LogP contribution in [-0.2, 0) is 0 Å². The Hall–Kier alpha value is -2.58. The molecule has 164 valence electrons. The molecule has 1 amide bonds. The predicted octanol–water partition coefficient (Wildman–Crippen LogP) is 5.40. The molecule has 0 radical (unpaired) electrons. The molecule has 0 spiro atoms. The fourth-order valence-electron chi connectivity index (χ4n) is 5.57. The van der Waals surface area contributed by atoms with Crippen LogP contribution in [0.3, 0.4) is 0 Å². The molecule has 1 aliphatic rings. The van der Waals surface area contributed by atoms with Gasteiger partial charge in [0.25, 0.3) is 5.91 Å². The highest BCUT2D eigenvalue weighted by Crippen LogP contribution is 2.56. The maximum absolute atomic E-state index is 13.0. The van der Waals surface area contributed by atoms with E-state index in [0.29, 0.717) is 22.1 Å². The van der Waals surface area contributed by atoms with Gasteiger partial charge in [0.1, 0.15) is 6.07 Å². The molecule has 1 saturated carbocycles. The number of nitrogens with zero attached hydrogens (tertiary/aromatic N) is 3. The number of amides is 1. The minimum atomic E-state index is -0.181. The van der Waals surface area contributed by atoms with Gasteiger partial charge in [0.15, 0.2) is 0 Å². The van der Waals surface area contributed by atoms with E-state index in [0.717, 1.165) is 11.4 Å². The summed E-state index contributed by atoms with van der Waals surface area (Å²) >= 11 is 6.27. The maximum Gasteiger partial charge on any atom is 0.253 e. The molecule has 1 fully saturated rings. The maximum atomic E-state index is 13.0. The average molecular weight is 439 g/mol. The molecule has 1 N–H and O–H groups in total. The number of anilines is 1. The summed E-state index contributed by atoms with van der Waals surface area (Å²) in [6, 6.07) is 11.5. The van der Waals surface area contributed by atoms with Crippen LogP contribution < -0.4 is 10.2 Å². The number of halogens is 1. The molecule has 1 aliphatic carbocycles. The molecule has 2 aromatic rings. The molecule has 3 rings (SSSR count). The summed E-state index contributed by atoms with van der Waals surface area (Å²) in [7, 11) is 2.04. The molecular weight excluding hydrogens is 408 g/mol. The van der Waals surface area contributed by atoms with E-state index >= 15 is 0 Å². The Labute approximate surface area is 190 Å². The number of nitrogens with one attached hydrogen (secondary N) is 1. The third-order valence-corrected chi connectivity index (χ3v) is 6.99. The molecule has 0 unspecified atom stereocenters. The van der Waals surface area contributed by atoms with Crippen molar-refractivity contribution in [2.75, 3.05) is 11.9 Å². The van der Waals surface area contributed by atoms with Crippen molar-refractivity contribution in [1.29, 1.82) is 5.26 Å². The highest BCUT2D eigenvalue weighted by molar-refractivity contribution is 6.32. The van der Waals surface area contributed by atoms with Gasteiger partial charge in [-0.2, -0.15) is 5.26 Å². The van der Waals surface area contributed by atoms with Gasteiger partial charge in [-0.1, -0.05) is 53.1 Å². The van der Waals surface area contributed by atoms with Crippen LogP contribution in [0.1, 0.15) is 69.1 Å². The predicted molar refractivity (Wildman–Crippen MR) is 126 cm³/mol. The first-order valence-electron chi connectivity index (χ1n) is 10.6. The van der Waals surface area contributed by atoms with Crippen molar-refractivity contribution >= 4 is 23.2 Å². The first-order chi connectivity index (χ1) is 14.4. The summed E-state index contributed by atoms with van der Waals surface area (Å²) < 4.78 is 0. The number of benzene rings is 1. The van der Waals surface area contributed by atoms with Crippen molar-refractivity contribution in [3.8, 4) is 6.07 Å². The molecule has 0 atom stereocenters. The molecule has 5 nitrogen and oxygen atoms in total. The van der Waals surface area contributed by atoms with E-state index < -0.39 is 0 Å². The number of hydrogen-bond acceptors (Lipinski definition) is 4. The van der Waals surface area contributed by atoms with E-state index in [2.05, 4.69) is 62.8 Å². The summed E-state index contributed by atoms with van der Waals surface area (Å²) in [6.07, 6.45) is 1.66. The van der Waals surface area contributed by atoms with Crippen molar-refractivity contribution in [2.24, 2.45) is 10.8 Å². The lowest BCUT2D eigenvalue weighted by atomic mass is 9.47. The van der Waals surface area contributed by atoms with Gasteiger partial charge in [-0.15, -0.1) is 0 Å². The molecule has 0 saturated heterocycles. The van der Waals surface area contributed by atoms with E-state index in [1.807, 2.05) is 31.3 Å². The number of carbonyl (C=O) groups is 1. The van der Waals surface area contributed by atoms with E-state index in [4.69, 9.17) is 16.9 Å². The Morgan fingerprint density at radius 3 is 2.32 bits per heavy atom. The Bertz CT molecular complexity index is 1000. The Balaban J connectivity index is 1.80. The number of carbonyl (C=O) groups excluding carboxylic acids is 1. The SMILES string of the molecule is CC(C)c1ccc(C(=O)N[C@H]2C(C)(C)[C@H](N(C)c3ccc(C#N)c(Cl)c3)C2(C)C)cn1. The second kappa shape index (κ2) is 8.16. The van der Waals surface area contributed by atoms with Gasteiger partial charge in [0.2, 0.25) is 0 Å². The van der Waals surface area contributed by atoms with Crippen LogP contribution in [0, 0.1) is 22.2 Å². The molecule has 1 aromatic heterocycles. The van der Waals surface area contributed by atoms with Gasteiger partial charge >= 0.3 is 0 Å². The summed E-state index contributed by atoms with van der Waals surface area (Å²) in [6.45, 7) is 12.9. The summed E-state index contributed by atoms with van der Waals surface area (Å²) in [4.78, 5) is 19.6. The van der Waals surface area contributed by atoms with Crippen molar-refractivity contribution in [2.45, 2.75) is 59.5 Å². The van der Waals surface area contributed by atoms with Crippen LogP contribution in [0.15, 0.2) is 36.5 Å². The lowest BCUT2D eigenvalue weighted by Crippen LogP contribution is -2.77. The van der Waals surface area contributed by atoms with Crippen LogP contribution in [0.2, 0.25) is 5.02 Å². The lowest BCUT2D eigenvalue weighted by Gasteiger charge is -2.67. The highest BCUT2D eigenvalue weighted by atomic mass is 35.5. The van der Waals surface area contributed by atoms with Gasteiger partial charge in [0.05, 0.1) is 16.1 Å². The standard InChI is InChI=1S/C25H31ClN4O/c1-15(2)20-11-9-17(14-28-20)21(31)29-22-24(3,4)23(25(22,5)6)30(7)18-10-8-16(13-27)19(26)12-18/h8-12,14-15,22-23H,1-7H3,(H,29,31)/t22-,23-. The van der Waals surface area contributed by atoms with Gasteiger partial charge in [-0.25, -0.2) is 0 Å². The quantitative estimate of drug-likeness (QED) is 0.678. The number of pyridine rings is 1. The van der Waals surface area contributed by atoms with Crippen molar-refractivity contribution in [3.63, 3.8) is 0 Å². The molecule has 1 heterocycles. The van der Waals surface area contributed by atoms with Crippen molar-refractivity contribution < 1.29 is 4.79 Å². The van der Waals surface area contributed by atoms with Crippen molar-refractivity contribution in [3.05, 3.63) is 58.4 Å². The van der Waals surface area contributed by atoms with Crippen LogP contribution >= 0.6 is 11.6 Å². The first-order valence-corrected chi connectivity index (χ1v) is 11.0. The fraction of sp³-hybridized carbons (Fsp3) is 0.480. The molecule has 1 aromatic carbocycles. The second-order valence-electron chi connectivity index (χ2n) is 9.97. The summed E-state index contributed by atoms with van der Waals surface area (Å²) in [5.74, 6) is 0.227. The molecule has 31 heavy (non-hydrogen) atoms. The van der Waals surface area contributed by atoms with Crippen LogP contribution in [0.25, 0.3) is 0 Å². The summed E-state index contributed by atoms with van der Waals surface area (Å²) in [5, 5.41) is 12.8. The second-order valence-corrected chi connectivity index (χ2v) is 10.4. The zero-order valence-electron chi connectivity index (χ0n) is 19.3. The van der Waals surface area contributed by atoms with Gasteiger partial charge in [0, 0.05) is 47.5 Å². The number of aromatic nitrogens is 1. The lowest BCUT2D eigenvalue weighted by molar-refractivity contribution is -0.0682. The van der Waals surface area contributed by atoms with E-state index in [1.54, 1.807) is 12.3 Å². The molecular formula is C25H31ClN4O. The van der Waals surface area contributed by atoms with E-state index in [1.165, 1.54) is 0 Å². The molecule has 6 heteroatoms. The average Bonchev–Trinajstić information content (AvgIpc) is 2.71. The molecule has 0 bridgehead atoms. The third-order valence-electron chi connectivity index (χ3n) is 6.68. The summed E-state index contributed by atoms with van der Waals surface area (Å²) in [5.41, 5.74) is 2.61. The van der Waals surface area contributed by atoms with Crippen molar-refractivity contribution in [1.82, 2.24) is 10.3 Å². The Kier molecular flexibility index (Phi) is 6.08. The van der Waals surface area contributed by atoms with Gasteiger partial charge < -0.3 is 10.2 Å². The minimum absolute atomic E-state index is 0.0152. The Morgan fingerprint density at radius 1 is 1.19 bits per heavy atom. The smallest absolute Gasteiger partial charge is 0.253 e. The van der Waals surface area contributed by atoms with E-state index in [9.17, 15) is 4.79 Å². The van der Waals surface area contributed by atoms with Crippen LogP contribution in [0.5, 0.6) is 0 Å². The zero-order chi connectivity index (χ0) is 23.1. The zero-order valence-corrected chi connectivity index (χ0v) is 20.1. The van der Waals surface area contributed by atoms with Gasteiger partial charge in [-0.3, -0.25) is 9.78 Å². The monoisotopic (exact) mass is 438 g/mol. The largest absolute Gasteiger partial charge is 0.370 e. The molecule has 0 aliphatic heterocycles. The number of rotatable bonds is 5. The highest BCUT2D eigenvalue weighted by Gasteiger charge is 2.63. The van der Waals surface area contributed by atoms with Crippen LogP contribution in [-0.4, -0.2) is 30.0 Å².